The molecule has 4 rings (SSSR count). The molecular formula is C24H27FN4O3. The van der Waals surface area contributed by atoms with E-state index in [1.807, 2.05) is 59.9 Å². The van der Waals surface area contributed by atoms with E-state index in [-0.39, 0.29) is 18.4 Å². The number of aromatic nitrogens is 2. The summed E-state index contributed by atoms with van der Waals surface area (Å²) < 4.78 is 20.9. The van der Waals surface area contributed by atoms with Gasteiger partial charge in [-0.15, -0.1) is 0 Å². The molecule has 1 aromatic heterocycles. The van der Waals surface area contributed by atoms with Gasteiger partial charge in [0.05, 0.1) is 31.4 Å². The zero-order valence-corrected chi connectivity index (χ0v) is 18.4. The molecule has 0 radical (unpaired) electrons. The van der Waals surface area contributed by atoms with E-state index < -0.39 is 5.72 Å². The van der Waals surface area contributed by atoms with Gasteiger partial charge in [-0.05, 0) is 56.2 Å². The largest absolute Gasteiger partial charge is 0.495 e. The number of nitrogens with zero attached hydrogens (tertiary/aromatic N) is 4. The highest BCUT2D eigenvalue weighted by molar-refractivity contribution is 5.97. The van der Waals surface area contributed by atoms with Crippen LogP contribution in [0.3, 0.4) is 0 Å². The standard InChI is InChI=1S/C24H27FN4O3/c1-17-15-28(16-26-17)21-10-4-18(14-22(21)31-3)5-11-23-27-32-24(2,29(23)12-13-30)19-6-8-20(25)9-7-19/h4-6,8-11,14-16,19,30H,7,12-13H2,1-3H3/b11-5+/t19?,24-/m1/s1. The summed E-state index contributed by atoms with van der Waals surface area (Å²) in [6, 6.07) is 5.88. The highest BCUT2D eigenvalue weighted by Crippen LogP contribution is 2.37. The number of imidazole rings is 1. The summed E-state index contributed by atoms with van der Waals surface area (Å²) in [7, 11) is 1.63. The van der Waals surface area contributed by atoms with Crippen LogP contribution < -0.4 is 4.74 Å². The van der Waals surface area contributed by atoms with Crippen LogP contribution in [0.15, 0.2) is 66.0 Å². The van der Waals surface area contributed by atoms with E-state index >= 15 is 0 Å². The van der Waals surface area contributed by atoms with Crippen LogP contribution in [0.25, 0.3) is 11.8 Å². The predicted molar refractivity (Wildman–Crippen MR) is 121 cm³/mol. The van der Waals surface area contributed by atoms with Crippen molar-refractivity contribution in [3.63, 3.8) is 0 Å². The third-order valence-corrected chi connectivity index (χ3v) is 5.82. The number of halogens is 1. The summed E-state index contributed by atoms with van der Waals surface area (Å²) in [5.41, 5.74) is 1.93. The Labute approximate surface area is 186 Å². The summed E-state index contributed by atoms with van der Waals surface area (Å²) in [4.78, 5) is 12.0. The molecule has 2 atom stereocenters. The lowest BCUT2D eigenvalue weighted by Gasteiger charge is -2.38. The Hall–Kier alpha value is -3.39. The number of oxime groups is 1. The molecular weight excluding hydrogens is 411 g/mol. The molecule has 32 heavy (non-hydrogen) atoms. The van der Waals surface area contributed by atoms with Gasteiger partial charge >= 0.3 is 0 Å². The van der Waals surface area contributed by atoms with Crippen molar-refractivity contribution in [1.29, 1.82) is 0 Å². The van der Waals surface area contributed by atoms with Gasteiger partial charge in [-0.3, -0.25) is 0 Å². The first kappa shape index (κ1) is 21.8. The van der Waals surface area contributed by atoms with Gasteiger partial charge in [0.1, 0.15) is 11.6 Å². The molecule has 1 aliphatic heterocycles. The Balaban J connectivity index is 1.55. The molecule has 2 aromatic rings. The fourth-order valence-corrected chi connectivity index (χ4v) is 4.02. The molecule has 0 bridgehead atoms. The Morgan fingerprint density at radius 3 is 2.88 bits per heavy atom. The van der Waals surface area contributed by atoms with Crippen molar-refractivity contribution < 1.29 is 19.1 Å². The zero-order chi connectivity index (χ0) is 22.7. The third kappa shape index (κ3) is 4.18. The summed E-state index contributed by atoms with van der Waals surface area (Å²) in [5, 5.41) is 13.9. The van der Waals surface area contributed by atoms with Crippen molar-refractivity contribution in [1.82, 2.24) is 14.5 Å². The second-order valence-corrected chi connectivity index (χ2v) is 7.95. The van der Waals surface area contributed by atoms with Crippen molar-refractivity contribution in [3.8, 4) is 11.4 Å². The maximum absolute atomic E-state index is 13.4. The molecule has 1 aromatic carbocycles. The lowest BCUT2D eigenvalue weighted by atomic mass is 9.89. The third-order valence-electron chi connectivity index (χ3n) is 5.82. The number of hydrogen-bond acceptors (Lipinski definition) is 6. The minimum atomic E-state index is -0.809. The predicted octanol–water partition coefficient (Wildman–Crippen LogP) is 3.99. The second-order valence-electron chi connectivity index (χ2n) is 7.95. The lowest BCUT2D eigenvalue weighted by molar-refractivity contribution is -0.115. The molecule has 0 saturated carbocycles. The first-order valence-electron chi connectivity index (χ1n) is 10.5. The number of methoxy groups -OCH3 is 1. The smallest absolute Gasteiger partial charge is 0.215 e. The first-order chi connectivity index (χ1) is 15.4. The van der Waals surface area contributed by atoms with E-state index in [2.05, 4.69) is 10.1 Å². The molecule has 0 amide bonds. The van der Waals surface area contributed by atoms with Crippen molar-refractivity contribution in [2.45, 2.75) is 26.0 Å². The maximum atomic E-state index is 13.4. The van der Waals surface area contributed by atoms with Gasteiger partial charge in [0.2, 0.25) is 5.72 Å². The quantitative estimate of drug-likeness (QED) is 0.708. The fraction of sp³-hybridized carbons (Fsp3) is 0.333. The maximum Gasteiger partial charge on any atom is 0.215 e. The van der Waals surface area contributed by atoms with Gasteiger partial charge in [0, 0.05) is 18.7 Å². The summed E-state index contributed by atoms with van der Waals surface area (Å²) in [5.74, 6) is 0.965. The number of rotatable bonds is 7. The van der Waals surface area contributed by atoms with Gasteiger partial charge < -0.3 is 24.1 Å². The summed E-state index contributed by atoms with van der Waals surface area (Å²) >= 11 is 0. The van der Waals surface area contributed by atoms with Crippen LogP contribution in [0, 0.1) is 12.8 Å². The number of hydrogen-bond donors (Lipinski definition) is 1. The van der Waals surface area contributed by atoms with Crippen molar-refractivity contribution >= 4 is 11.9 Å². The highest BCUT2D eigenvalue weighted by Gasteiger charge is 2.46. The number of benzene rings is 1. The molecule has 1 N–H and O–H groups in total. The lowest BCUT2D eigenvalue weighted by Crippen LogP contribution is -2.52. The number of β-amino-alcohol motifs (C(OH)–C–C–N with tert-alkyl or cyclic N) is 1. The van der Waals surface area contributed by atoms with Crippen molar-refractivity contribution in [3.05, 3.63) is 72.1 Å². The number of aryl methyl sites for hydroxylation is 1. The highest BCUT2D eigenvalue weighted by atomic mass is 19.1. The molecule has 8 heteroatoms. The summed E-state index contributed by atoms with van der Waals surface area (Å²) in [6.45, 7) is 4.13. The van der Waals surface area contributed by atoms with Crippen LogP contribution >= 0.6 is 0 Å². The van der Waals surface area contributed by atoms with Gasteiger partial charge in [0.25, 0.3) is 0 Å². The van der Waals surface area contributed by atoms with Crippen LogP contribution in [0.5, 0.6) is 5.75 Å². The van der Waals surface area contributed by atoms with E-state index in [0.717, 1.165) is 16.9 Å². The van der Waals surface area contributed by atoms with E-state index in [1.165, 1.54) is 6.08 Å². The number of aliphatic hydroxyl groups is 1. The van der Waals surface area contributed by atoms with Crippen LogP contribution in [-0.2, 0) is 4.84 Å². The molecule has 0 fully saturated rings. The Morgan fingerprint density at radius 1 is 1.38 bits per heavy atom. The van der Waals surface area contributed by atoms with Gasteiger partial charge in [-0.2, -0.15) is 0 Å². The topological polar surface area (TPSA) is 72.1 Å². The average Bonchev–Trinajstić information content (AvgIpc) is 3.37. The number of aliphatic hydroxyl groups excluding tert-OH is 1. The molecule has 168 valence electrons. The van der Waals surface area contributed by atoms with Gasteiger partial charge in [0.15, 0.2) is 5.84 Å². The van der Waals surface area contributed by atoms with E-state index in [1.54, 1.807) is 25.6 Å². The number of ether oxygens (including phenoxy) is 1. The van der Waals surface area contributed by atoms with Crippen LogP contribution in [-0.4, -0.2) is 51.4 Å². The van der Waals surface area contributed by atoms with Gasteiger partial charge in [-0.1, -0.05) is 23.4 Å². The summed E-state index contributed by atoms with van der Waals surface area (Å²) in [6.07, 6.45) is 12.7. The minimum absolute atomic E-state index is 0.0563. The molecule has 1 unspecified atom stereocenters. The molecule has 0 saturated heterocycles. The van der Waals surface area contributed by atoms with Gasteiger partial charge in [-0.25, -0.2) is 9.37 Å². The number of allylic oxidation sites excluding steroid dienone is 3. The van der Waals surface area contributed by atoms with Crippen LogP contribution in [0.2, 0.25) is 0 Å². The fourth-order valence-electron chi connectivity index (χ4n) is 4.02. The SMILES string of the molecule is COc1cc(/C=C/C2=NO[C@](C)(C3C=CC(F)=CC3)N2CCO)ccc1-n1cnc(C)c1. The Bertz CT molecular complexity index is 1100. The number of amidine groups is 1. The monoisotopic (exact) mass is 438 g/mol. The Kier molecular flexibility index (Phi) is 6.14. The van der Waals surface area contributed by atoms with E-state index in [9.17, 15) is 9.50 Å². The van der Waals surface area contributed by atoms with Crippen molar-refractivity contribution in [2.24, 2.45) is 11.1 Å². The Morgan fingerprint density at radius 2 is 2.22 bits per heavy atom. The van der Waals surface area contributed by atoms with Crippen LogP contribution in [0.1, 0.15) is 24.6 Å². The molecule has 2 heterocycles. The second kappa shape index (κ2) is 9.00. The van der Waals surface area contributed by atoms with Crippen LogP contribution in [0.4, 0.5) is 4.39 Å². The molecule has 1 aliphatic carbocycles. The normalized spacial score (nSPS) is 22.8. The molecule has 0 spiro atoms. The first-order valence-corrected chi connectivity index (χ1v) is 10.5. The average molecular weight is 439 g/mol. The molecule has 2 aliphatic rings. The van der Waals surface area contributed by atoms with E-state index in [4.69, 9.17) is 9.57 Å². The minimum Gasteiger partial charge on any atom is -0.495 e. The zero-order valence-electron chi connectivity index (χ0n) is 18.4. The van der Waals surface area contributed by atoms with E-state index in [0.29, 0.717) is 24.6 Å². The van der Waals surface area contributed by atoms with Crippen molar-refractivity contribution in [2.75, 3.05) is 20.3 Å². The molecule has 7 nitrogen and oxygen atoms in total.